The summed E-state index contributed by atoms with van der Waals surface area (Å²) in [6, 6.07) is 3.40. The summed E-state index contributed by atoms with van der Waals surface area (Å²) in [4.78, 5) is 33.2. The second-order valence-electron chi connectivity index (χ2n) is 7.01. The molecule has 0 unspecified atom stereocenters. The minimum atomic E-state index is -0.218. The Balaban J connectivity index is 1.82. The lowest BCUT2D eigenvalue weighted by Gasteiger charge is -2.41. The number of urea groups is 1. The van der Waals surface area contributed by atoms with Gasteiger partial charge in [-0.15, -0.1) is 0 Å². The van der Waals surface area contributed by atoms with Gasteiger partial charge >= 0.3 is 6.03 Å². The minimum absolute atomic E-state index is 0.00509. The number of carbonyl (C=O) groups is 2. The third kappa shape index (κ3) is 2.90. The third-order valence-electron chi connectivity index (χ3n) is 4.84. The van der Waals surface area contributed by atoms with E-state index in [1.54, 1.807) is 31.4 Å². The second kappa shape index (κ2) is 6.30. The number of hydrogen-bond donors (Lipinski definition) is 0. The standard InChI is InChI=1S/C17H25N5O2/c1-12-8-13(2)10-21(9-12)15(23)11-22-14-6-5-7-18-16(14)19(3)20(4)17(22)24/h5-7,12-13H,8-11H2,1-4H3/t12-,13-/m1/s1. The molecular formula is C17H25N5O2. The van der Waals surface area contributed by atoms with Gasteiger partial charge in [0, 0.05) is 33.4 Å². The molecule has 1 aromatic heterocycles. The molecule has 0 bridgehead atoms. The van der Waals surface area contributed by atoms with Gasteiger partial charge in [-0.3, -0.25) is 14.7 Å². The molecule has 0 aliphatic carbocycles. The summed E-state index contributed by atoms with van der Waals surface area (Å²) in [5, 5.41) is 3.17. The molecule has 0 N–H and O–H groups in total. The molecule has 1 saturated heterocycles. The van der Waals surface area contributed by atoms with Crippen molar-refractivity contribution >= 4 is 23.4 Å². The van der Waals surface area contributed by atoms with Crippen LogP contribution < -0.4 is 9.91 Å². The van der Waals surface area contributed by atoms with Gasteiger partial charge in [-0.2, -0.15) is 0 Å². The zero-order valence-electron chi connectivity index (χ0n) is 14.8. The van der Waals surface area contributed by atoms with Crippen LogP contribution >= 0.6 is 0 Å². The van der Waals surface area contributed by atoms with Crippen molar-refractivity contribution in [1.82, 2.24) is 14.9 Å². The van der Waals surface area contributed by atoms with Crippen LogP contribution in [0.4, 0.5) is 16.3 Å². The molecule has 0 aromatic carbocycles. The van der Waals surface area contributed by atoms with Gasteiger partial charge in [0.15, 0.2) is 5.82 Å². The van der Waals surface area contributed by atoms with Crippen LogP contribution in [0.2, 0.25) is 0 Å². The molecule has 130 valence electrons. The Morgan fingerprint density at radius 3 is 2.54 bits per heavy atom. The van der Waals surface area contributed by atoms with E-state index in [0.29, 0.717) is 23.3 Å². The number of nitrogens with zero attached hydrogens (tertiary/aromatic N) is 5. The predicted octanol–water partition coefficient (Wildman–Crippen LogP) is 1.81. The first-order chi connectivity index (χ1) is 11.4. The highest BCUT2D eigenvalue weighted by Crippen LogP contribution is 2.32. The van der Waals surface area contributed by atoms with Gasteiger partial charge in [0.05, 0.1) is 5.69 Å². The summed E-state index contributed by atoms with van der Waals surface area (Å²) in [6.07, 6.45) is 2.83. The van der Waals surface area contributed by atoms with E-state index < -0.39 is 0 Å². The average Bonchev–Trinajstić information content (AvgIpc) is 2.55. The minimum Gasteiger partial charge on any atom is -0.341 e. The van der Waals surface area contributed by atoms with Gasteiger partial charge in [0.2, 0.25) is 5.91 Å². The molecule has 2 atom stereocenters. The first-order valence-electron chi connectivity index (χ1n) is 8.40. The van der Waals surface area contributed by atoms with Crippen LogP contribution in [0, 0.1) is 11.8 Å². The van der Waals surface area contributed by atoms with E-state index in [1.807, 2.05) is 11.0 Å². The van der Waals surface area contributed by atoms with Gasteiger partial charge in [0.1, 0.15) is 6.54 Å². The topological polar surface area (TPSA) is 60.0 Å². The van der Waals surface area contributed by atoms with Crippen LogP contribution in [0.1, 0.15) is 20.3 Å². The molecule has 24 heavy (non-hydrogen) atoms. The van der Waals surface area contributed by atoms with Crippen molar-refractivity contribution in [2.75, 3.05) is 43.6 Å². The zero-order chi connectivity index (χ0) is 17.4. The summed E-state index contributed by atoms with van der Waals surface area (Å²) >= 11 is 0. The molecule has 2 aliphatic heterocycles. The van der Waals surface area contributed by atoms with Crippen LogP contribution in [0.3, 0.4) is 0 Å². The Morgan fingerprint density at radius 1 is 1.21 bits per heavy atom. The van der Waals surface area contributed by atoms with E-state index in [9.17, 15) is 9.59 Å². The normalized spacial score (nSPS) is 24.2. The van der Waals surface area contributed by atoms with E-state index in [0.717, 1.165) is 19.5 Å². The second-order valence-corrected chi connectivity index (χ2v) is 7.01. The maximum Gasteiger partial charge on any atom is 0.343 e. The van der Waals surface area contributed by atoms with Crippen molar-refractivity contribution in [1.29, 1.82) is 0 Å². The summed E-state index contributed by atoms with van der Waals surface area (Å²) in [7, 11) is 3.47. The highest BCUT2D eigenvalue weighted by Gasteiger charge is 2.35. The van der Waals surface area contributed by atoms with Crippen LogP contribution in [0.5, 0.6) is 0 Å². The lowest BCUT2D eigenvalue weighted by Crippen LogP contribution is -2.56. The Labute approximate surface area is 142 Å². The van der Waals surface area contributed by atoms with E-state index in [2.05, 4.69) is 18.8 Å². The summed E-state index contributed by atoms with van der Waals surface area (Å²) in [5.41, 5.74) is 0.676. The molecule has 1 fully saturated rings. The van der Waals surface area contributed by atoms with Gasteiger partial charge in [-0.1, -0.05) is 13.8 Å². The molecule has 2 aliphatic rings. The molecule has 3 amide bonds. The lowest BCUT2D eigenvalue weighted by atomic mass is 9.92. The summed E-state index contributed by atoms with van der Waals surface area (Å²) < 4.78 is 0. The molecule has 1 aromatic rings. The van der Waals surface area contributed by atoms with Crippen molar-refractivity contribution in [3.63, 3.8) is 0 Å². The van der Waals surface area contributed by atoms with Crippen LogP contribution in [-0.4, -0.2) is 60.6 Å². The van der Waals surface area contributed by atoms with E-state index in [-0.39, 0.29) is 18.5 Å². The molecular weight excluding hydrogens is 306 g/mol. The molecule has 0 saturated carbocycles. The Hall–Kier alpha value is -2.31. The number of likely N-dealkylation sites (tertiary alicyclic amines) is 1. The Kier molecular flexibility index (Phi) is 4.34. The van der Waals surface area contributed by atoms with Gasteiger partial charge in [-0.05, 0) is 30.4 Å². The van der Waals surface area contributed by atoms with Crippen molar-refractivity contribution < 1.29 is 9.59 Å². The number of hydrazine groups is 1. The van der Waals surface area contributed by atoms with Crippen LogP contribution in [0.25, 0.3) is 0 Å². The maximum atomic E-state index is 12.8. The summed E-state index contributed by atoms with van der Waals surface area (Å²) in [6.45, 7) is 5.92. The van der Waals surface area contributed by atoms with Crippen molar-refractivity contribution in [3.05, 3.63) is 18.3 Å². The SMILES string of the molecule is C[C@@H]1C[C@@H](C)CN(C(=O)CN2C(=O)N(C)N(C)c3ncccc32)C1. The average molecular weight is 331 g/mol. The smallest absolute Gasteiger partial charge is 0.341 e. The zero-order valence-corrected chi connectivity index (χ0v) is 14.8. The van der Waals surface area contributed by atoms with Gasteiger partial charge in [0.25, 0.3) is 0 Å². The third-order valence-corrected chi connectivity index (χ3v) is 4.84. The predicted molar refractivity (Wildman–Crippen MR) is 92.7 cm³/mol. The van der Waals surface area contributed by atoms with Crippen molar-refractivity contribution in [3.8, 4) is 0 Å². The quantitative estimate of drug-likeness (QED) is 0.829. The lowest BCUT2D eigenvalue weighted by molar-refractivity contribution is -0.132. The van der Waals surface area contributed by atoms with Gasteiger partial charge in [-0.25, -0.2) is 14.8 Å². The fraction of sp³-hybridized carbons (Fsp3) is 0.588. The fourth-order valence-electron chi connectivity index (χ4n) is 3.65. The molecule has 3 rings (SSSR count). The Morgan fingerprint density at radius 2 is 1.88 bits per heavy atom. The largest absolute Gasteiger partial charge is 0.343 e. The molecule has 0 spiro atoms. The maximum absolute atomic E-state index is 12.8. The van der Waals surface area contributed by atoms with Crippen LogP contribution in [-0.2, 0) is 4.79 Å². The van der Waals surface area contributed by atoms with E-state index in [1.165, 1.54) is 9.91 Å². The fourth-order valence-corrected chi connectivity index (χ4v) is 3.65. The highest BCUT2D eigenvalue weighted by atomic mass is 16.2. The number of fused-ring (bicyclic) bond motifs is 1. The van der Waals surface area contributed by atoms with E-state index >= 15 is 0 Å². The molecule has 7 nitrogen and oxygen atoms in total. The molecule has 7 heteroatoms. The monoisotopic (exact) mass is 331 g/mol. The number of carbonyl (C=O) groups excluding carboxylic acids is 2. The molecule has 3 heterocycles. The summed E-state index contributed by atoms with van der Waals surface area (Å²) in [5.74, 6) is 1.66. The first-order valence-corrected chi connectivity index (χ1v) is 8.40. The van der Waals surface area contributed by atoms with E-state index in [4.69, 9.17) is 0 Å². The number of amides is 3. The Bertz CT molecular complexity index is 640. The number of rotatable bonds is 2. The number of pyridine rings is 1. The first kappa shape index (κ1) is 16.5. The number of hydrogen-bond acceptors (Lipinski definition) is 4. The highest BCUT2D eigenvalue weighted by molar-refractivity contribution is 6.02. The van der Waals surface area contributed by atoms with Gasteiger partial charge < -0.3 is 4.90 Å². The number of piperidine rings is 1. The van der Waals surface area contributed by atoms with Crippen LogP contribution in [0.15, 0.2) is 18.3 Å². The molecule has 0 radical (unpaired) electrons. The number of aromatic nitrogens is 1. The number of anilines is 2. The van der Waals surface area contributed by atoms with Crippen molar-refractivity contribution in [2.45, 2.75) is 20.3 Å². The van der Waals surface area contributed by atoms with Crippen molar-refractivity contribution in [2.24, 2.45) is 11.8 Å².